The van der Waals surface area contributed by atoms with Crippen molar-refractivity contribution in [3.63, 3.8) is 0 Å². The fourth-order valence-corrected chi connectivity index (χ4v) is 1.64. The standard InChI is InChI=1S/C11H12FNO/c1-7-2-3-8-4-5-9(12)6-10(8)13-11(7)14/h4-7H,2-3H2,1H3,(H,13,14). The van der Waals surface area contributed by atoms with Crippen molar-refractivity contribution in [2.75, 3.05) is 5.32 Å². The molecule has 0 saturated carbocycles. The number of fused-ring (bicyclic) bond motifs is 1. The van der Waals surface area contributed by atoms with E-state index in [9.17, 15) is 9.18 Å². The molecule has 14 heavy (non-hydrogen) atoms. The monoisotopic (exact) mass is 193 g/mol. The van der Waals surface area contributed by atoms with Crippen LogP contribution in [0.5, 0.6) is 0 Å². The molecule has 0 spiro atoms. The molecule has 1 aliphatic heterocycles. The van der Waals surface area contributed by atoms with Crippen molar-refractivity contribution in [3.8, 4) is 0 Å². The topological polar surface area (TPSA) is 29.1 Å². The predicted molar refractivity (Wildman–Crippen MR) is 52.5 cm³/mol. The Bertz CT molecular complexity index is 376. The minimum atomic E-state index is -0.307. The van der Waals surface area contributed by atoms with E-state index in [-0.39, 0.29) is 17.6 Å². The summed E-state index contributed by atoms with van der Waals surface area (Å²) in [6.07, 6.45) is 1.65. The van der Waals surface area contributed by atoms with Crippen LogP contribution in [0.2, 0.25) is 0 Å². The number of carbonyl (C=O) groups is 1. The lowest BCUT2D eigenvalue weighted by Crippen LogP contribution is -2.18. The number of amides is 1. The van der Waals surface area contributed by atoms with Crippen LogP contribution >= 0.6 is 0 Å². The van der Waals surface area contributed by atoms with E-state index in [1.165, 1.54) is 12.1 Å². The lowest BCUT2D eigenvalue weighted by molar-refractivity contribution is -0.119. The van der Waals surface area contributed by atoms with E-state index in [0.29, 0.717) is 5.69 Å². The van der Waals surface area contributed by atoms with Gasteiger partial charge < -0.3 is 5.32 Å². The van der Waals surface area contributed by atoms with Crippen LogP contribution in [0.4, 0.5) is 10.1 Å². The molecule has 74 valence electrons. The van der Waals surface area contributed by atoms with E-state index in [0.717, 1.165) is 18.4 Å². The Morgan fingerprint density at radius 1 is 1.50 bits per heavy atom. The van der Waals surface area contributed by atoms with Crippen LogP contribution in [0.15, 0.2) is 18.2 Å². The minimum absolute atomic E-state index is 0.00506. The Kier molecular flexibility index (Phi) is 2.23. The number of hydrogen-bond acceptors (Lipinski definition) is 1. The van der Waals surface area contributed by atoms with Crippen molar-refractivity contribution >= 4 is 11.6 Å². The van der Waals surface area contributed by atoms with Gasteiger partial charge in [0.1, 0.15) is 5.82 Å². The maximum absolute atomic E-state index is 12.9. The summed E-state index contributed by atoms with van der Waals surface area (Å²) >= 11 is 0. The van der Waals surface area contributed by atoms with Crippen LogP contribution in [0.3, 0.4) is 0 Å². The molecule has 0 aromatic heterocycles. The molecule has 1 N–H and O–H groups in total. The molecule has 3 heteroatoms. The first-order valence-electron chi connectivity index (χ1n) is 4.76. The number of anilines is 1. The molecule has 0 aliphatic carbocycles. The number of nitrogens with one attached hydrogen (secondary N) is 1. The van der Waals surface area contributed by atoms with E-state index in [1.807, 2.05) is 6.92 Å². The lowest BCUT2D eigenvalue weighted by atomic mass is 10.0. The first kappa shape index (κ1) is 9.19. The van der Waals surface area contributed by atoms with Gasteiger partial charge in [0, 0.05) is 11.6 Å². The van der Waals surface area contributed by atoms with Gasteiger partial charge in [0.2, 0.25) is 5.91 Å². The van der Waals surface area contributed by atoms with Crippen molar-refractivity contribution in [3.05, 3.63) is 29.6 Å². The van der Waals surface area contributed by atoms with Gasteiger partial charge in [-0.1, -0.05) is 13.0 Å². The molecule has 1 aromatic carbocycles. The Labute approximate surface area is 82.1 Å². The molecule has 1 unspecified atom stereocenters. The summed E-state index contributed by atoms with van der Waals surface area (Å²) in [7, 11) is 0. The van der Waals surface area contributed by atoms with Gasteiger partial charge >= 0.3 is 0 Å². The predicted octanol–water partition coefficient (Wildman–Crippen LogP) is 2.35. The van der Waals surface area contributed by atoms with Crippen molar-refractivity contribution in [1.29, 1.82) is 0 Å². The summed E-state index contributed by atoms with van der Waals surface area (Å²) in [5.41, 5.74) is 1.64. The average Bonchev–Trinajstić information content (AvgIpc) is 2.27. The summed E-state index contributed by atoms with van der Waals surface area (Å²) in [5, 5.41) is 2.73. The summed E-state index contributed by atoms with van der Waals surface area (Å²) in [6, 6.07) is 4.55. The largest absolute Gasteiger partial charge is 0.326 e. The number of halogens is 1. The molecular weight excluding hydrogens is 181 g/mol. The highest BCUT2D eigenvalue weighted by Gasteiger charge is 2.19. The smallest absolute Gasteiger partial charge is 0.227 e. The van der Waals surface area contributed by atoms with Gasteiger partial charge in [0.25, 0.3) is 0 Å². The van der Waals surface area contributed by atoms with Crippen molar-refractivity contribution < 1.29 is 9.18 Å². The third-order valence-electron chi connectivity index (χ3n) is 2.62. The average molecular weight is 193 g/mol. The zero-order chi connectivity index (χ0) is 10.1. The highest BCUT2D eigenvalue weighted by atomic mass is 19.1. The third-order valence-corrected chi connectivity index (χ3v) is 2.62. The first-order valence-corrected chi connectivity index (χ1v) is 4.76. The molecular formula is C11H12FNO. The minimum Gasteiger partial charge on any atom is -0.326 e. The Hall–Kier alpha value is -1.38. The van der Waals surface area contributed by atoms with E-state index in [4.69, 9.17) is 0 Å². The Balaban J connectivity index is 2.38. The van der Waals surface area contributed by atoms with Gasteiger partial charge in [-0.15, -0.1) is 0 Å². The van der Waals surface area contributed by atoms with Gasteiger partial charge in [0.15, 0.2) is 0 Å². The van der Waals surface area contributed by atoms with Gasteiger partial charge in [-0.05, 0) is 30.5 Å². The quantitative estimate of drug-likeness (QED) is 0.673. The van der Waals surface area contributed by atoms with Gasteiger partial charge in [-0.25, -0.2) is 4.39 Å². The first-order chi connectivity index (χ1) is 6.66. The molecule has 2 rings (SSSR count). The second-order valence-corrected chi connectivity index (χ2v) is 3.73. The van der Waals surface area contributed by atoms with Gasteiger partial charge in [0.05, 0.1) is 0 Å². The van der Waals surface area contributed by atoms with Crippen LogP contribution in [0, 0.1) is 11.7 Å². The summed E-state index contributed by atoms with van der Waals surface area (Å²) in [4.78, 5) is 11.5. The normalized spacial score (nSPS) is 21.0. The number of rotatable bonds is 0. The summed E-state index contributed by atoms with van der Waals surface area (Å²) in [6.45, 7) is 1.89. The summed E-state index contributed by atoms with van der Waals surface area (Å²) < 4.78 is 12.9. The van der Waals surface area contributed by atoms with E-state index in [1.54, 1.807) is 6.07 Å². The van der Waals surface area contributed by atoms with Gasteiger partial charge in [-0.2, -0.15) is 0 Å². The van der Waals surface area contributed by atoms with Crippen LogP contribution in [-0.2, 0) is 11.2 Å². The van der Waals surface area contributed by atoms with Crippen molar-refractivity contribution in [1.82, 2.24) is 0 Å². The fraction of sp³-hybridized carbons (Fsp3) is 0.364. The second kappa shape index (κ2) is 3.40. The van der Waals surface area contributed by atoms with Crippen molar-refractivity contribution in [2.24, 2.45) is 5.92 Å². The summed E-state index contributed by atoms with van der Waals surface area (Å²) in [5.74, 6) is -0.321. The van der Waals surface area contributed by atoms with Crippen LogP contribution in [0.1, 0.15) is 18.9 Å². The van der Waals surface area contributed by atoms with Crippen LogP contribution in [0.25, 0.3) is 0 Å². The second-order valence-electron chi connectivity index (χ2n) is 3.73. The van der Waals surface area contributed by atoms with E-state index in [2.05, 4.69) is 5.32 Å². The SMILES string of the molecule is CC1CCc2ccc(F)cc2NC1=O. The molecule has 0 radical (unpaired) electrons. The highest BCUT2D eigenvalue weighted by molar-refractivity contribution is 5.93. The number of aryl methyl sites for hydroxylation is 1. The molecule has 0 saturated heterocycles. The molecule has 1 amide bonds. The molecule has 2 nitrogen and oxygen atoms in total. The van der Waals surface area contributed by atoms with E-state index >= 15 is 0 Å². The molecule has 1 aliphatic rings. The fourth-order valence-electron chi connectivity index (χ4n) is 1.64. The van der Waals surface area contributed by atoms with Crippen LogP contribution in [-0.4, -0.2) is 5.91 Å². The molecule has 0 bridgehead atoms. The Morgan fingerprint density at radius 2 is 2.29 bits per heavy atom. The lowest BCUT2D eigenvalue weighted by Gasteiger charge is -2.06. The maximum atomic E-state index is 12.9. The van der Waals surface area contributed by atoms with Gasteiger partial charge in [-0.3, -0.25) is 4.79 Å². The molecule has 1 aromatic rings. The van der Waals surface area contributed by atoms with E-state index < -0.39 is 0 Å². The maximum Gasteiger partial charge on any atom is 0.227 e. The zero-order valence-corrected chi connectivity index (χ0v) is 8.01. The third kappa shape index (κ3) is 1.62. The molecule has 1 atom stereocenters. The Morgan fingerprint density at radius 3 is 3.07 bits per heavy atom. The number of carbonyl (C=O) groups excluding carboxylic acids is 1. The number of hydrogen-bond donors (Lipinski definition) is 1. The molecule has 0 fully saturated rings. The van der Waals surface area contributed by atoms with Crippen LogP contribution < -0.4 is 5.32 Å². The molecule has 1 heterocycles. The van der Waals surface area contributed by atoms with Crippen molar-refractivity contribution in [2.45, 2.75) is 19.8 Å². The zero-order valence-electron chi connectivity index (χ0n) is 8.01. The number of benzene rings is 1. The highest BCUT2D eigenvalue weighted by Crippen LogP contribution is 2.24.